The lowest BCUT2D eigenvalue weighted by Gasteiger charge is -2.12. The first kappa shape index (κ1) is 7.28. The number of carbonyl (C=O) groups is 1. The van der Waals surface area contributed by atoms with Crippen LogP contribution in [0.3, 0.4) is 0 Å². The molecule has 0 spiro atoms. The fraction of sp³-hybridized carbons (Fsp3) is 0.333. The molecule has 1 rings (SSSR count). The highest BCUT2D eigenvalue weighted by atomic mass is 35.5. The molecular formula is C6H7ClN2O. The van der Waals surface area contributed by atoms with Crippen molar-refractivity contribution in [2.24, 2.45) is 5.10 Å². The van der Waals surface area contributed by atoms with E-state index in [1.165, 1.54) is 5.01 Å². The number of rotatable bonds is 2. The van der Waals surface area contributed by atoms with E-state index in [9.17, 15) is 4.79 Å². The summed E-state index contributed by atoms with van der Waals surface area (Å²) in [5.74, 6) is 0. The minimum absolute atomic E-state index is 0.147. The molecule has 1 heterocycles. The second kappa shape index (κ2) is 3.37. The van der Waals surface area contributed by atoms with E-state index in [1.54, 1.807) is 12.4 Å². The largest absolute Gasteiger partial charge is 0.279 e. The lowest BCUT2D eigenvalue weighted by molar-refractivity contribution is -0.112. The van der Waals surface area contributed by atoms with E-state index in [0.717, 1.165) is 6.42 Å². The highest BCUT2D eigenvalue weighted by molar-refractivity contribution is 6.64. The molecule has 0 fully saturated rings. The average Bonchev–Trinajstić information content (AvgIpc) is 1.88. The van der Waals surface area contributed by atoms with Gasteiger partial charge in [-0.1, -0.05) is 6.08 Å². The van der Waals surface area contributed by atoms with Crippen LogP contribution in [0.1, 0.15) is 6.42 Å². The fourth-order valence-electron chi connectivity index (χ4n) is 0.655. The van der Waals surface area contributed by atoms with Gasteiger partial charge in [0.05, 0.1) is 0 Å². The second-order valence-electron chi connectivity index (χ2n) is 1.87. The van der Waals surface area contributed by atoms with Crippen molar-refractivity contribution in [3.8, 4) is 0 Å². The van der Waals surface area contributed by atoms with Gasteiger partial charge in [0, 0.05) is 18.8 Å². The molecular weight excluding hydrogens is 152 g/mol. The van der Waals surface area contributed by atoms with Crippen LogP contribution in [-0.4, -0.2) is 23.0 Å². The molecule has 10 heavy (non-hydrogen) atoms. The van der Waals surface area contributed by atoms with Crippen LogP contribution in [0.15, 0.2) is 17.4 Å². The zero-order valence-electron chi connectivity index (χ0n) is 5.33. The molecule has 1 aliphatic rings. The monoisotopic (exact) mass is 158 g/mol. The van der Waals surface area contributed by atoms with Gasteiger partial charge in [-0.15, -0.1) is 0 Å². The van der Waals surface area contributed by atoms with Crippen molar-refractivity contribution in [2.45, 2.75) is 6.42 Å². The van der Waals surface area contributed by atoms with Gasteiger partial charge in [0.2, 0.25) is 5.24 Å². The summed E-state index contributed by atoms with van der Waals surface area (Å²) in [6.07, 6.45) is 6.19. The minimum atomic E-state index is -0.399. The van der Waals surface area contributed by atoms with Crippen LogP contribution in [0.2, 0.25) is 0 Å². The summed E-state index contributed by atoms with van der Waals surface area (Å²) in [5, 5.41) is 4.99. The average molecular weight is 159 g/mol. The Bertz CT molecular complexity index is 176. The maximum Gasteiger partial charge on any atom is 0.243 e. The highest BCUT2D eigenvalue weighted by Gasteiger charge is 2.02. The van der Waals surface area contributed by atoms with Crippen molar-refractivity contribution in [3.63, 3.8) is 0 Å². The van der Waals surface area contributed by atoms with E-state index in [0.29, 0.717) is 0 Å². The number of nitrogens with zero attached hydrogens (tertiary/aromatic N) is 2. The van der Waals surface area contributed by atoms with Crippen molar-refractivity contribution in [1.82, 2.24) is 5.01 Å². The van der Waals surface area contributed by atoms with Gasteiger partial charge in [0.1, 0.15) is 6.54 Å². The first-order valence-electron chi connectivity index (χ1n) is 2.93. The van der Waals surface area contributed by atoms with Crippen molar-refractivity contribution in [2.75, 3.05) is 6.54 Å². The summed E-state index contributed by atoms with van der Waals surface area (Å²) in [4.78, 5) is 10.3. The van der Waals surface area contributed by atoms with Gasteiger partial charge in [-0.25, -0.2) is 0 Å². The SMILES string of the molecule is O=C(Cl)CN1C=CCC=N1. The van der Waals surface area contributed by atoms with Crippen molar-refractivity contribution < 1.29 is 4.79 Å². The highest BCUT2D eigenvalue weighted by Crippen LogP contribution is 1.99. The zero-order valence-corrected chi connectivity index (χ0v) is 6.08. The molecule has 0 aromatic heterocycles. The number of halogens is 1. The van der Waals surface area contributed by atoms with Crippen LogP contribution in [0.5, 0.6) is 0 Å². The quantitative estimate of drug-likeness (QED) is 0.561. The number of hydrogen-bond donors (Lipinski definition) is 0. The first-order chi connectivity index (χ1) is 4.79. The number of carbonyl (C=O) groups excluding carboxylic acids is 1. The Morgan fingerprint density at radius 1 is 1.80 bits per heavy atom. The molecule has 4 heteroatoms. The van der Waals surface area contributed by atoms with Crippen molar-refractivity contribution in [1.29, 1.82) is 0 Å². The number of hydrogen-bond acceptors (Lipinski definition) is 3. The Kier molecular flexibility index (Phi) is 2.45. The topological polar surface area (TPSA) is 32.7 Å². The summed E-state index contributed by atoms with van der Waals surface area (Å²) < 4.78 is 0. The molecule has 0 N–H and O–H groups in total. The van der Waals surface area contributed by atoms with Crippen LogP contribution in [0.4, 0.5) is 0 Å². The lowest BCUT2D eigenvalue weighted by Crippen LogP contribution is -2.18. The molecule has 0 aromatic rings. The van der Waals surface area contributed by atoms with Gasteiger partial charge in [0.15, 0.2) is 0 Å². The third-order valence-electron chi connectivity index (χ3n) is 1.04. The molecule has 0 saturated heterocycles. The van der Waals surface area contributed by atoms with Gasteiger partial charge >= 0.3 is 0 Å². The molecule has 3 nitrogen and oxygen atoms in total. The van der Waals surface area contributed by atoms with Crippen LogP contribution >= 0.6 is 11.6 Å². The Morgan fingerprint density at radius 2 is 2.60 bits per heavy atom. The van der Waals surface area contributed by atoms with Gasteiger partial charge in [-0.2, -0.15) is 5.10 Å². The third kappa shape index (κ3) is 2.19. The zero-order chi connectivity index (χ0) is 7.40. The molecule has 0 unspecified atom stereocenters. The van der Waals surface area contributed by atoms with Crippen LogP contribution in [0.25, 0.3) is 0 Å². The summed E-state index contributed by atoms with van der Waals surface area (Å²) in [5.41, 5.74) is 0. The summed E-state index contributed by atoms with van der Waals surface area (Å²) >= 11 is 5.12. The van der Waals surface area contributed by atoms with Crippen LogP contribution in [-0.2, 0) is 4.79 Å². The van der Waals surface area contributed by atoms with Gasteiger partial charge in [0.25, 0.3) is 0 Å². The Labute approximate surface area is 64.0 Å². The Morgan fingerprint density at radius 3 is 3.10 bits per heavy atom. The fourth-order valence-corrected chi connectivity index (χ4v) is 0.777. The maximum atomic E-state index is 10.3. The van der Waals surface area contributed by atoms with E-state index in [2.05, 4.69) is 5.10 Å². The molecule has 0 atom stereocenters. The summed E-state index contributed by atoms with van der Waals surface area (Å²) in [6.45, 7) is 0.147. The summed E-state index contributed by atoms with van der Waals surface area (Å²) in [6, 6.07) is 0. The molecule has 0 bridgehead atoms. The van der Waals surface area contributed by atoms with Gasteiger partial charge in [-0.05, 0) is 11.6 Å². The van der Waals surface area contributed by atoms with Crippen molar-refractivity contribution >= 4 is 23.1 Å². The molecule has 0 radical (unpaired) electrons. The molecule has 0 aromatic carbocycles. The molecule has 1 aliphatic heterocycles. The number of hydrazone groups is 1. The standard InChI is InChI=1S/C6H7ClN2O/c7-6(10)5-9-4-2-1-3-8-9/h2-4H,1,5H2. The van der Waals surface area contributed by atoms with Crippen molar-refractivity contribution in [3.05, 3.63) is 12.3 Å². The second-order valence-corrected chi connectivity index (χ2v) is 2.29. The molecule has 0 saturated carbocycles. The number of allylic oxidation sites excluding steroid dienone is 1. The van der Waals surface area contributed by atoms with Gasteiger partial charge < -0.3 is 0 Å². The molecule has 0 aliphatic carbocycles. The predicted molar refractivity (Wildman–Crippen MR) is 39.8 cm³/mol. The smallest absolute Gasteiger partial charge is 0.243 e. The van der Waals surface area contributed by atoms with E-state index >= 15 is 0 Å². The van der Waals surface area contributed by atoms with E-state index in [-0.39, 0.29) is 6.54 Å². The summed E-state index contributed by atoms with van der Waals surface area (Å²) in [7, 11) is 0. The predicted octanol–water partition coefficient (Wildman–Crippen LogP) is 0.957. The third-order valence-corrected chi connectivity index (χ3v) is 1.15. The van der Waals surface area contributed by atoms with E-state index < -0.39 is 5.24 Å². The Hall–Kier alpha value is -0.830. The lowest BCUT2D eigenvalue weighted by atomic mass is 10.4. The van der Waals surface area contributed by atoms with E-state index in [4.69, 9.17) is 11.6 Å². The Balaban J connectivity index is 2.40. The normalized spacial score (nSPS) is 15.9. The van der Waals surface area contributed by atoms with Crippen LogP contribution in [0, 0.1) is 0 Å². The minimum Gasteiger partial charge on any atom is -0.279 e. The maximum absolute atomic E-state index is 10.3. The molecule has 0 amide bonds. The molecule has 54 valence electrons. The first-order valence-corrected chi connectivity index (χ1v) is 3.31. The van der Waals surface area contributed by atoms with E-state index in [1.807, 2.05) is 6.08 Å². The van der Waals surface area contributed by atoms with Gasteiger partial charge in [-0.3, -0.25) is 9.80 Å². The van der Waals surface area contributed by atoms with Crippen LogP contribution < -0.4 is 0 Å².